The maximum absolute atomic E-state index is 13.2. The standard InChI is InChI=1S/C11H14FNOS/c1-14-13-10-5-8(4-9(12)6-10)7-15-11-2-3-11/h4-6,11,13H,2-3,7H2,1H3. The number of hydrogen-bond acceptors (Lipinski definition) is 3. The number of rotatable bonds is 5. The second kappa shape index (κ2) is 4.86. The van der Waals surface area contributed by atoms with Gasteiger partial charge in [-0.1, -0.05) is 0 Å². The van der Waals surface area contributed by atoms with Crippen LogP contribution in [0.2, 0.25) is 0 Å². The van der Waals surface area contributed by atoms with Crippen molar-refractivity contribution in [2.75, 3.05) is 12.6 Å². The van der Waals surface area contributed by atoms with E-state index in [4.69, 9.17) is 4.84 Å². The fourth-order valence-corrected chi connectivity index (χ4v) is 2.42. The molecule has 82 valence electrons. The van der Waals surface area contributed by atoms with Crippen molar-refractivity contribution >= 4 is 17.4 Å². The highest BCUT2D eigenvalue weighted by Crippen LogP contribution is 2.36. The number of thioether (sulfide) groups is 1. The van der Waals surface area contributed by atoms with Gasteiger partial charge in [0.15, 0.2) is 0 Å². The van der Waals surface area contributed by atoms with Crippen molar-refractivity contribution in [3.05, 3.63) is 29.6 Å². The van der Waals surface area contributed by atoms with E-state index in [0.717, 1.165) is 16.6 Å². The Morgan fingerprint density at radius 1 is 1.47 bits per heavy atom. The third-order valence-electron chi connectivity index (χ3n) is 2.19. The summed E-state index contributed by atoms with van der Waals surface area (Å²) in [5, 5.41) is 0.798. The number of nitrogens with one attached hydrogen (secondary N) is 1. The first-order valence-corrected chi connectivity index (χ1v) is 6.03. The van der Waals surface area contributed by atoms with Gasteiger partial charge in [-0.3, -0.25) is 10.3 Å². The molecule has 1 aromatic rings. The minimum atomic E-state index is -0.219. The van der Waals surface area contributed by atoms with Crippen LogP contribution in [0.15, 0.2) is 18.2 Å². The molecule has 1 aliphatic rings. The average molecular weight is 227 g/mol. The zero-order valence-corrected chi connectivity index (χ0v) is 9.44. The summed E-state index contributed by atoms with van der Waals surface area (Å²) in [7, 11) is 1.52. The minimum Gasteiger partial charge on any atom is -0.279 e. The van der Waals surface area contributed by atoms with Crippen molar-refractivity contribution < 1.29 is 9.23 Å². The van der Waals surface area contributed by atoms with E-state index in [2.05, 4.69) is 5.48 Å². The number of halogens is 1. The van der Waals surface area contributed by atoms with Crippen molar-refractivity contribution in [1.29, 1.82) is 0 Å². The van der Waals surface area contributed by atoms with Gasteiger partial charge < -0.3 is 0 Å². The van der Waals surface area contributed by atoms with Gasteiger partial charge in [-0.2, -0.15) is 11.8 Å². The minimum absolute atomic E-state index is 0.219. The summed E-state index contributed by atoms with van der Waals surface area (Å²) in [6.45, 7) is 0. The summed E-state index contributed by atoms with van der Waals surface area (Å²) >= 11 is 1.90. The van der Waals surface area contributed by atoms with Gasteiger partial charge in [0.05, 0.1) is 12.8 Å². The molecule has 1 N–H and O–H groups in total. The summed E-state index contributed by atoms with van der Waals surface area (Å²) in [5.74, 6) is 0.657. The van der Waals surface area contributed by atoms with E-state index in [1.165, 1.54) is 26.0 Å². The van der Waals surface area contributed by atoms with Crippen LogP contribution in [-0.2, 0) is 10.6 Å². The summed E-state index contributed by atoms with van der Waals surface area (Å²) in [6, 6.07) is 4.92. The molecule has 2 rings (SSSR count). The molecular weight excluding hydrogens is 213 g/mol. The van der Waals surface area contributed by atoms with Crippen molar-refractivity contribution in [2.24, 2.45) is 0 Å². The molecule has 0 spiro atoms. The predicted molar refractivity (Wildman–Crippen MR) is 61.3 cm³/mol. The second-order valence-corrected chi connectivity index (χ2v) is 4.95. The van der Waals surface area contributed by atoms with Gasteiger partial charge in [0.25, 0.3) is 0 Å². The lowest BCUT2D eigenvalue weighted by Crippen LogP contribution is -1.97. The molecule has 0 heterocycles. The largest absolute Gasteiger partial charge is 0.279 e. The molecule has 0 amide bonds. The summed E-state index contributed by atoms with van der Waals surface area (Å²) in [6.07, 6.45) is 2.62. The molecule has 0 unspecified atom stereocenters. The Morgan fingerprint density at radius 2 is 2.27 bits per heavy atom. The lowest BCUT2D eigenvalue weighted by molar-refractivity contribution is 0.271. The second-order valence-electron chi connectivity index (χ2n) is 3.66. The predicted octanol–water partition coefficient (Wildman–Crippen LogP) is 3.19. The van der Waals surface area contributed by atoms with Gasteiger partial charge >= 0.3 is 0 Å². The van der Waals surface area contributed by atoms with E-state index in [1.807, 2.05) is 17.8 Å². The molecule has 4 heteroatoms. The van der Waals surface area contributed by atoms with Gasteiger partial charge in [-0.25, -0.2) is 4.39 Å². The number of hydrogen-bond donors (Lipinski definition) is 1. The Morgan fingerprint density at radius 3 is 2.93 bits per heavy atom. The molecule has 0 bridgehead atoms. The van der Waals surface area contributed by atoms with Crippen LogP contribution in [0.5, 0.6) is 0 Å². The molecule has 1 saturated carbocycles. The summed E-state index contributed by atoms with van der Waals surface area (Å²) in [5.41, 5.74) is 4.32. The molecular formula is C11H14FNOS. The Hall–Kier alpha value is -0.740. The first-order chi connectivity index (χ1) is 7.28. The highest BCUT2D eigenvalue weighted by Gasteiger charge is 2.21. The first kappa shape index (κ1) is 10.8. The van der Waals surface area contributed by atoms with Crippen LogP contribution in [-0.4, -0.2) is 12.4 Å². The van der Waals surface area contributed by atoms with E-state index in [1.54, 1.807) is 6.07 Å². The van der Waals surface area contributed by atoms with Crippen LogP contribution in [0.4, 0.5) is 10.1 Å². The van der Waals surface area contributed by atoms with E-state index < -0.39 is 0 Å². The van der Waals surface area contributed by atoms with E-state index in [9.17, 15) is 4.39 Å². The monoisotopic (exact) mass is 227 g/mol. The molecule has 1 aromatic carbocycles. The fourth-order valence-electron chi connectivity index (χ4n) is 1.36. The Labute approximate surface area is 93.2 Å². The maximum Gasteiger partial charge on any atom is 0.125 e. The Bertz CT molecular complexity index is 341. The molecule has 2 nitrogen and oxygen atoms in total. The van der Waals surface area contributed by atoms with Crippen molar-refractivity contribution in [3.63, 3.8) is 0 Å². The first-order valence-electron chi connectivity index (χ1n) is 4.98. The molecule has 0 radical (unpaired) electrons. The van der Waals surface area contributed by atoms with Crippen molar-refractivity contribution in [1.82, 2.24) is 0 Å². The van der Waals surface area contributed by atoms with Crippen LogP contribution >= 0.6 is 11.8 Å². The topological polar surface area (TPSA) is 21.3 Å². The lowest BCUT2D eigenvalue weighted by atomic mass is 10.2. The van der Waals surface area contributed by atoms with E-state index >= 15 is 0 Å². The normalized spacial score (nSPS) is 15.3. The zero-order chi connectivity index (χ0) is 10.7. The molecule has 0 aliphatic heterocycles. The van der Waals surface area contributed by atoms with Gasteiger partial charge in [-0.05, 0) is 36.6 Å². The quantitative estimate of drug-likeness (QED) is 0.780. The Balaban J connectivity index is 2.00. The molecule has 0 atom stereocenters. The molecule has 15 heavy (non-hydrogen) atoms. The highest BCUT2D eigenvalue weighted by molar-refractivity contribution is 7.99. The summed E-state index contributed by atoms with van der Waals surface area (Å²) < 4.78 is 13.2. The van der Waals surface area contributed by atoms with Gasteiger partial charge in [-0.15, -0.1) is 0 Å². The fraction of sp³-hybridized carbons (Fsp3) is 0.455. The van der Waals surface area contributed by atoms with Crippen LogP contribution in [0.25, 0.3) is 0 Å². The zero-order valence-electron chi connectivity index (χ0n) is 8.63. The molecule has 0 saturated heterocycles. The maximum atomic E-state index is 13.2. The van der Waals surface area contributed by atoms with Gasteiger partial charge in [0, 0.05) is 11.0 Å². The highest BCUT2D eigenvalue weighted by atomic mass is 32.2. The van der Waals surface area contributed by atoms with E-state index in [0.29, 0.717) is 5.69 Å². The number of anilines is 1. The molecule has 1 aliphatic carbocycles. The average Bonchev–Trinajstić information content (AvgIpc) is 2.98. The third-order valence-corrected chi connectivity index (χ3v) is 3.63. The van der Waals surface area contributed by atoms with Crippen LogP contribution in [0.3, 0.4) is 0 Å². The van der Waals surface area contributed by atoms with Crippen molar-refractivity contribution in [2.45, 2.75) is 23.8 Å². The van der Waals surface area contributed by atoms with Crippen molar-refractivity contribution in [3.8, 4) is 0 Å². The molecule has 0 aromatic heterocycles. The van der Waals surface area contributed by atoms with Gasteiger partial charge in [0.1, 0.15) is 5.82 Å². The lowest BCUT2D eigenvalue weighted by Gasteiger charge is -2.06. The van der Waals surface area contributed by atoms with Gasteiger partial charge in [0.2, 0.25) is 0 Å². The Kier molecular flexibility index (Phi) is 3.49. The summed E-state index contributed by atoms with van der Waals surface area (Å²) in [4.78, 5) is 4.75. The third kappa shape index (κ3) is 3.39. The van der Waals surface area contributed by atoms with E-state index in [-0.39, 0.29) is 5.82 Å². The SMILES string of the molecule is CONc1cc(F)cc(CSC2CC2)c1. The van der Waals surface area contributed by atoms with Crippen LogP contribution < -0.4 is 5.48 Å². The molecule has 1 fully saturated rings. The smallest absolute Gasteiger partial charge is 0.125 e. The van der Waals surface area contributed by atoms with Crippen LogP contribution in [0.1, 0.15) is 18.4 Å². The number of benzene rings is 1. The van der Waals surface area contributed by atoms with Crippen LogP contribution in [0, 0.1) is 5.82 Å².